The lowest BCUT2D eigenvalue weighted by atomic mass is 9.97. The van der Waals surface area contributed by atoms with Crippen LogP contribution < -0.4 is 10.5 Å². The lowest BCUT2D eigenvalue weighted by molar-refractivity contribution is 0.1000. The molecule has 1 amide bonds. The highest BCUT2D eigenvalue weighted by Crippen LogP contribution is 2.28. The van der Waals surface area contributed by atoms with Crippen molar-refractivity contribution in [2.24, 2.45) is 5.73 Å². The Hall–Kier alpha value is -2.40. The third-order valence-electron chi connectivity index (χ3n) is 3.06. The van der Waals surface area contributed by atoms with Crippen LogP contribution in [0.1, 0.15) is 21.7 Å². The molecular weight excluding hydrogens is 256 g/mol. The molecule has 0 aliphatic rings. The van der Waals surface area contributed by atoms with Gasteiger partial charge in [-0.3, -0.25) is 9.78 Å². The number of hydrogen-bond donors (Lipinski definition) is 2. The molecule has 0 bridgehead atoms. The molecule has 0 saturated carbocycles. The van der Waals surface area contributed by atoms with E-state index in [1.165, 1.54) is 0 Å². The number of aryl methyl sites for hydroxylation is 1. The van der Waals surface area contributed by atoms with E-state index < -0.39 is 5.91 Å². The van der Waals surface area contributed by atoms with Crippen LogP contribution >= 0.6 is 0 Å². The monoisotopic (exact) mass is 272 g/mol. The van der Waals surface area contributed by atoms with Crippen molar-refractivity contribution in [2.45, 2.75) is 13.5 Å². The molecule has 0 fully saturated rings. The number of carbonyl (C=O) groups is 1. The molecular formula is C15H16N2O3. The van der Waals surface area contributed by atoms with E-state index >= 15 is 0 Å². The molecule has 0 aliphatic heterocycles. The van der Waals surface area contributed by atoms with Crippen molar-refractivity contribution < 1.29 is 14.6 Å². The van der Waals surface area contributed by atoms with Crippen LogP contribution in [0.3, 0.4) is 0 Å². The lowest BCUT2D eigenvalue weighted by Gasteiger charge is -2.12. The second kappa shape index (κ2) is 5.71. The van der Waals surface area contributed by atoms with Crippen molar-refractivity contribution in [3.8, 4) is 16.9 Å². The number of aliphatic hydroxyl groups is 1. The van der Waals surface area contributed by atoms with Gasteiger partial charge in [-0.25, -0.2) is 0 Å². The van der Waals surface area contributed by atoms with E-state index in [2.05, 4.69) is 4.98 Å². The van der Waals surface area contributed by atoms with Crippen LogP contribution in [0.2, 0.25) is 0 Å². The quantitative estimate of drug-likeness (QED) is 0.886. The Morgan fingerprint density at radius 1 is 1.35 bits per heavy atom. The van der Waals surface area contributed by atoms with Crippen molar-refractivity contribution in [1.29, 1.82) is 0 Å². The fraction of sp³-hybridized carbons (Fsp3) is 0.200. The molecule has 0 unspecified atom stereocenters. The molecule has 0 radical (unpaired) electrons. The molecule has 0 atom stereocenters. The van der Waals surface area contributed by atoms with E-state index in [0.29, 0.717) is 22.5 Å². The third kappa shape index (κ3) is 2.62. The normalized spacial score (nSPS) is 10.3. The first-order valence-electron chi connectivity index (χ1n) is 6.12. The van der Waals surface area contributed by atoms with E-state index in [0.717, 1.165) is 11.3 Å². The van der Waals surface area contributed by atoms with Gasteiger partial charge in [0.1, 0.15) is 5.75 Å². The number of aliphatic hydroxyl groups excluding tert-OH is 1. The zero-order chi connectivity index (χ0) is 14.7. The van der Waals surface area contributed by atoms with Crippen LogP contribution in [0.15, 0.2) is 30.3 Å². The highest BCUT2D eigenvalue weighted by molar-refractivity contribution is 6.00. The Labute approximate surface area is 117 Å². The Kier molecular flexibility index (Phi) is 4.00. The molecule has 2 aromatic rings. The second-order valence-electron chi connectivity index (χ2n) is 4.37. The predicted octanol–water partition coefficient (Wildman–Crippen LogP) is 1.66. The third-order valence-corrected chi connectivity index (χ3v) is 3.06. The summed E-state index contributed by atoms with van der Waals surface area (Å²) >= 11 is 0. The SMILES string of the molecule is COc1ccc(-c2cc(CO)nc(C)c2C(N)=O)cc1. The van der Waals surface area contributed by atoms with Gasteiger partial charge in [0.25, 0.3) is 5.91 Å². The highest BCUT2D eigenvalue weighted by Gasteiger charge is 2.15. The first kappa shape index (κ1) is 14.0. The maximum atomic E-state index is 11.6. The van der Waals surface area contributed by atoms with Crippen molar-refractivity contribution >= 4 is 5.91 Å². The van der Waals surface area contributed by atoms with Gasteiger partial charge in [-0.1, -0.05) is 12.1 Å². The van der Waals surface area contributed by atoms with Crippen molar-refractivity contribution in [3.63, 3.8) is 0 Å². The maximum Gasteiger partial charge on any atom is 0.251 e. The molecule has 0 spiro atoms. The van der Waals surface area contributed by atoms with Crippen LogP contribution in [-0.2, 0) is 6.61 Å². The number of nitrogens with zero attached hydrogens (tertiary/aromatic N) is 1. The zero-order valence-corrected chi connectivity index (χ0v) is 11.4. The van der Waals surface area contributed by atoms with Crippen LogP contribution in [0, 0.1) is 6.92 Å². The van der Waals surface area contributed by atoms with E-state index in [-0.39, 0.29) is 6.61 Å². The summed E-state index contributed by atoms with van der Waals surface area (Å²) in [6, 6.07) is 8.94. The van der Waals surface area contributed by atoms with E-state index in [9.17, 15) is 9.90 Å². The smallest absolute Gasteiger partial charge is 0.251 e. The highest BCUT2D eigenvalue weighted by atomic mass is 16.5. The average molecular weight is 272 g/mol. The van der Waals surface area contributed by atoms with Crippen molar-refractivity contribution in [1.82, 2.24) is 4.98 Å². The Morgan fingerprint density at radius 2 is 2.00 bits per heavy atom. The minimum absolute atomic E-state index is 0.191. The molecule has 1 aromatic carbocycles. The number of nitrogens with two attached hydrogens (primary N) is 1. The minimum atomic E-state index is -0.537. The molecule has 0 aliphatic carbocycles. The predicted molar refractivity (Wildman–Crippen MR) is 75.4 cm³/mol. The number of rotatable bonds is 4. The summed E-state index contributed by atoms with van der Waals surface area (Å²) in [5, 5.41) is 9.25. The summed E-state index contributed by atoms with van der Waals surface area (Å²) in [5.41, 5.74) is 8.29. The molecule has 1 heterocycles. The Balaban J connectivity index is 2.63. The van der Waals surface area contributed by atoms with Crippen LogP contribution in [0.5, 0.6) is 5.75 Å². The number of pyridine rings is 1. The number of hydrogen-bond acceptors (Lipinski definition) is 4. The molecule has 0 saturated heterocycles. The summed E-state index contributed by atoms with van der Waals surface area (Å²) in [4.78, 5) is 15.8. The number of methoxy groups -OCH3 is 1. The van der Waals surface area contributed by atoms with Crippen LogP contribution in [0.4, 0.5) is 0 Å². The molecule has 2 rings (SSSR count). The van der Waals surface area contributed by atoms with Crippen molar-refractivity contribution in [3.05, 3.63) is 47.3 Å². The molecule has 20 heavy (non-hydrogen) atoms. The lowest BCUT2D eigenvalue weighted by Crippen LogP contribution is -2.16. The van der Waals surface area contributed by atoms with Gasteiger partial charge in [0.2, 0.25) is 0 Å². The molecule has 5 heteroatoms. The first-order valence-corrected chi connectivity index (χ1v) is 6.12. The van der Waals surface area contributed by atoms with Crippen molar-refractivity contribution in [2.75, 3.05) is 7.11 Å². The van der Waals surface area contributed by atoms with E-state index in [1.54, 1.807) is 32.2 Å². The van der Waals surface area contributed by atoms with Gasteiger partial charge in [0.15, 0.2) is 0 Å². The number of ether oxygens (including phenoxy) is 1. The number of benzene rings is 1. The van der Waals surface area contributed by atoms with Gasteiger partial charge < -0.3 is 15.6 Å². The van der Waals surface area contributed by atoms with Gasteiger partial charge in [-0.05, 0) is 36.2 Å². The standard InChI is InChI=1S/C15H16N2O3/c1-9-14(15(16)19)13(7-11(8-18)17-9)10-3-5-12(20-2)6-4-10/h3-7,18H,8H2,1-2H3,(H2,16,19). The Bertz CT molecular complexity index is 636. The minimum Gasteiger partial charge on any atom is -0.497 e. The van der Waals surface area contributed by atoms with Crippen LogP contribution in [-0.4, -0.2) is 23.1 Å². The number of amides is 1. The van der Waals surface area contributed by atoms with E-state index in [4.69, 9.17) is 10.5 Å². The van der Waals surface area contributed by atoms with Gasteiger partial charge in [-0.15, -0.1) is 0 Å². The average Bonchev–Trinajstić information content (AvgIpc) is 2.46. The first-order chi connectivity index (χ1) is 9.56. The summed E-state index contributed by atoms with van der Waals surface area (Å²) < 4.78 is 5.11. The number of aromatic nitrogens is 1. The fourth-order valence-corrected chi connectivity index (χ4v) is 2.13. The summed E-state index contributed by atoms with van der Waals surface area (Å²) in [6.07, 6.45) is 0. The molecule has 5 nitrogen and oxygen atoms in total. The van der Waals surface area contributed by atoms with Gasteiger partial charge in [0, 0.05) is 0 Å². The summed E-state index contributed by atoms with van der Waals surface area (Å²) in [7, 11) is 1.59. The fourth-order valence-electron chi connectivity index (χ4n) is 2.13. The molecule has 1 aromatic heterocycles. The van der Waals surface area contributed by atoms with Gasteiger partial charge >= 0.3 is 0 Å². The van der Waals surface area contributed by atoms with Crippen LogP contribution in [0.25, 0.3) is 11.1 Å². The van der Waals surface area contributed by atoms with Gasteiger partial charge in [0.05, 0.1) is 30.7 Å². The van der Waals surface area contributed by atoms with Gasteiger partial charge in [-0.2, -0.15) is 0 Å². The molecule has 3 N–H and O–H groups in total. The number of primary amides is 1. The maximum absolute atomic E-state index is 11.6. The summed E-state index contributed by atoms with van der Waals surface area (Å²) in [6.45, 7) is 1.51. The van der Waals surface area contributed by atoms with E-state index in [1.807, 2.05) is 12.1 Å². The topological polar surface area (TPSA) is 85.4 Å². The second-order valence-corrected chi connectivity index (χ2v) is 4.37. The number of carbonyl (C=O) groups excluding carboxylic acids is 1. The Morgan fingerprint density at radius 3 is 2.50 bits per heavy atom. The largest absolute Gasteiger partial charge is 0.497 e. The molecule has 104 valence electrons. The summed E-state index contributed by atoms with van der Waals surface area (Å²) in [5.74, 6) is 0.188. The zero-order valence-electron chi connectivity index (χ0n) is 11.4.